The average molecular weight is 276 g/mol. The number of hydrogen-bond acceptors (Lipinski definition) is 3. The van der Waals surface area contributed by atoms with Crippen LogP contribution < -0.4 is 4.74 Å². The van der Waals surface area contributed by atoms with Crippen molar-refractivity contribution in [2.75, 3.05) is 7.11 Å². The van der Waals surface area contributed by atoms with Crippen LogP contribution in [0.25, 0.3) is 0 Å². The number of hydrogen-bond donors (Lipinski definition) is 0. The van der Waals surface area contributed by atoms with Crippen LogP contribution in [0.1, 0.15) is 11.1 Å². The van der Waals surface area contributed by atoms with Crippen LogP contribution in [-0.4, -0.2) is 17.9 Å². The molecule has 1 aromatic carbocycles. The number of benzene rings is 1. The molecule has 3 nitrogen and oxygen atoms in total. The number of halogens is 1. The smallest absolute Gasteiger partial charge is 0.141 e. The monoisotopic (exact) mass is 275 g/mol. The van der Waals surface area contributed by atoms with E-state index in [1.807, 2.05) is 12.1 Å². The molecule has 0 aliphatic carbocycles. The fourth-order valence-corrected chi connectivity index (χ4v) is 2.08. The minimum atomic E-state index is 0.117. The molecule has 19 heavy (non-hydrogen) atoms. The first-order valence-corrected chi connectivity index (χ1v) is 6.30. The first-order valence-electron chi connectivity index (χ1n) is 5.92. The van der Waals surface area contributed by atoms with E-state index in [-0.39, 0.29) is 5.78 Å². The Labute approximate surface area is 117 Å². The second-order valence-electron chi connectivity index (χ2n) is 4.20. The number of nitrogens with zero attached hydrogens (tertiary/aromatic N) is 1. The van der Waals surface area contributed by atoms with Crippen LogP contribution in [0.4, 0.5) is 0 Å². The summed E-state index contributed by atoms with van der Waals surface area (Å²) < 4.78 is 5.23. The van der Waals surface area contributed by atoms with Gasteiger partial charge in [0.25, 0.3) is 0 Å². The van der Waals surface area contributed by atoms with Gasteiger partial charge < -0.3 is 4.74 Å². The predicted octanol–water partition coefficient (Wildman–Crippen LogP) is 3.10. The molecule has 0 atom stereocenters. The van der Waals surface area contributed by atoms with Crippen LogP contribution >= 0.6 is 11.6 Å². The van der Waals surface area contributed by atoms with Gasteiger partial charge in [-0.25, -0.2) is 0 Å². The summed E-state index contributed by atoms with van der Waals surface area (Å²) in [5, 5.41) is 0.604. The number of aromatic nitrogens is 1. The Morgan fingerprint density at radius 1 is 1.21 bits per heavy atom. The Morgan fingerprint density at radius 2 is 1.95 bits per heavy atom. The van der Waals surface area contributed by atoms with Gasteiger partial charge >= 0.3 is 0 Å². The molecule has 1 aromatic heterocycles. The number of carbonyl (C=O) groups is 1. The van der Waals surface area contributed by atoms with Crippen LogP contribution in [0.3, 0.4) is 0 Å². The van der Waals surface area contributed by atoms with Crippen molar-refractivity contribution in [1.82, 2.24) is 4.98 Å². The van der Waals surface area contributed by atoms with Gasteiger partial charge in [0.2, 0.25) is 0 Å². The number of ketones is 1. The number of Topliss-reactive ketones (excluding diaryl/α,β-unsaturated/α-hetero) is 1. The van der Waals surface area contributed by atoms with Crippen molar-refractivity contribution >= 4 is 17.4 Å². The first kappa shape index (κ1) is 13.6. The van der Waals surface area contributed by atoms with Crippen LogP contribution in [0.2, 0.25) is 5.02 Å². The Hall–Kier alpha value is -1.87. The van der Waals surface area contributed by atoms with Gasteiger partial charge in [0.1, 0.15) is 11.5 Å². The summed E-state index contributed by atoms with van der Waals surface area (Å²) in [5.41, 5.74) is 1.77. The third-order valence-electron chi connectivity index (χ3n) is 2.78. The Morgan fingerprint density at radius 3 is 2.63 bits per heavy atom. The van der Waals surface area contributed by atoms with Gasteiger partial charge in [-0.15, -0.1) is 0 Å². The average Bonchev–Trinajstić information content (AvgIpc) is 2.40. The summed E-state index contributed by atoms with van der Waals surface area (Å²) >= 11 is 5.94. The highest BCUT2D eigenvalue weighted by Crippen LogP contribution is 2.23. The maximum atomic E-state index is 12.0. The summed E-state index contributed by atoms with van der Waals surface area (Å²) in [6.07, 6.45) is 4.06. The first-order chi connectivity index (χ1) is 9.19. The van der Waals surface area contributed by atoms with E-state index in [0.29, 0.717) is 23.6 Å². The molecule has 0 aliphatic rings. The van der Waals surface area contributed by atoms with Gasteiger partial charge in [-0.1, -0.05) is 11.6 Å². The Balaban J connectivity index is 2.09. The highest BCUT2D eigenvalue weighted by atomic mass is 35.5. The van der Waals surface area contributed by atoms with Crippen LogP contribution in [0.15, 0.2) is 42.7 Å². The van der Waals surface area contributed by atoms with Crippen molar-refractivity contribution < 1.29 is 9.53 Å². The zero-order chi connectivity index (χ0) is 13.7. The molecule has 0 amide bonds. The van der Waals surface area contributed by atoms with Gasteiger partial charge in [-0.05, 0) is 35.9 Å². The second kappa shape index (κ2) is 6.34. The molecule has 0 saturated heterocycles. The molecule has 4 heteroatoms. The lowest BCUT2D eigenvalue weighted by Gasteiger charge is -2.08. The van der Waals surface area contributed by atoms with Gasteiger partial charge in [-0.3, -0.25) is 9.78 Å². The molecule has 0 N–H and O–H groups in total. The zero-order valence-corrected chi connectivity index (χ0v) is 11.4. The third-order valence-corrected chi connectivity index (χ3v) is 3.02. The quantitative estimate of drug-likeness (QED) is 0.842. The molecular weight excluding hydrogens is 262 g/mol. The van der Waals surface area contributed by atoms with E-state index in [2.05, 4.69) is 4.98 Å². The molecule has 1 heterocycles. The van der Waals surface area contributed by atoms with Crippen molar-refractivity contribution in [2.45, 2.75) is 12.8 Å². The van der Waals surface area contributed by atoms with Gasteiger partial charge in [-0.2, -0.15) is 0 Å². The lowest BCUT2D eigenvalue weighted by molar-refractivity contribution is -0.117. The highest BCUT2D eigenvalue weighted by Gasteiger charge is 2.10. The molecular formula is C15H14ClNO2. The number of methoxy groups -OCH3 is 1. The van der Waals surface area contributed by atoms with Gasteiger partial charge in [0, 0.05) is 35.8 Å². The topological polar surface area (TPSA) is 39.2 Å². The fraction of sp³-hybridized carbons (Fsp3) is 0.200. The third kappa shape index (κ3) is 3.80. The standard InChI is InChI=1S/C15H14ClNO2/c1-19-15-3-2-13(16)9-12(15)10-14(18)8-11-4-6-17-7-5-11/h2-7,9H,8,10H2,1H3. The lowest BCUT2D eigenvalue weighted by Crippen LogP contribution is -2.07. The summed E-state index contributed by atoms with van der Waals surface area (Å²) in [6.45, 7) is 0. The van der Waals surface area contributed by atoms with E-state index < -0.39 is 0 Å². The van der Waals surface area contributed by atoms with Crippen LogP contribution in [0, 0.1) is 0 Å². The van der Waals surface area contributed by atoms with Crippen molar-refractivity contribution in [3.05, 3.63) is 58.9 Å². The largest absolute Gasteiger partial charge is 0.496 e. The zero-order valence-electron chi connectivity index (χ0n) is 10.6. The van der Waals surface area contributed by atoms with E-state index in [9.17, 15) is 4.79 Å². The van der Waals surface area contributed by atoms with E-state index in [1.54, 1.807) is 37.7 Å². The molecule has 0 spiro atoms. The van der Waals surface area contributed by atoms with Crippen molar-refractivity contribution in [2.24, 2.45) is 0 Å². The lowest BCUT2D eigenvalue weighted by atomic mass is 10.0. The Kier molecular flexibility index (Phi) is 4.53. The summed E-state index contributed by atoms with van der Waals surface area (Å²) in [4.78, 5) is 16.0. The highest BCUT2D eigenvalue weighted by molar-refractivity contribution is 6.30. The number of carbonyl (C=O) groups excluding carboxylic acids is 1. The molecule has 0 fully saturated rings. The number of pyridine rings is 1. The normalized spacial score (nSPS) is 10.2. The summed E-state index contributed by atoms with van der Waals surface area (Å²) in [7, 11) is 1.58. The molecule has 2 aromatic rings. The van der Waals surface area contributed by atoms with Crippen molar-refractivity contribution in [1.29, 1.82) is 0 Å². The Bertz CT molecular complexity index is 570. The SMILES string of the molecule is COc1ccc(Cl)cc1CC(=O)Cc1ccncc1. The van der Waals surface area contributed by atoms with Gasteiger partial charge in [0.15, 0.2) is 0 Å². The van der Waals surface area contributed by atoms with Crippen LogP contribution in [-0.2, 0) is 17.6 Å². The summed E-state index contributed by atoms with van der Waals surface area (Å²) in [5.74, 6) is 0.805. The molecule has 0 aliphatic heterocycles. The van der Waals surface area contributed by atoms with Gasteiger partial charge in [0.05, 0.1) is 7.11 Å². The second-order valence-corrected chi connectivity index (χ2v) is 4.64. The van der Waals surface area contributed by atoms with E-state index in [4.69, 9.17) is 16.3 Å². The van der Waals surface area contributed by atoms with E-state index in [0.717, 1.165) is 11.1 Å². The summed E-state index contributed by atoms with van der Waals surface area (Å²) in [6, 6.07) is 8.97. The van der Waals surface area contributed by atoms with Crippen molar-refractivity contribution in [3.8, 4) is 5.75 Å². The molecule has 98 valence electrons. The molecule has 2 rings (SSSR count). The maximum Gasteiger partial charge on any atom is 0.141 e. The number of ether oxygens (including phenoxy) is 1. The fourth-order valence-electron chi connectivity index (χ4n) is 1.89. The van der Waals surface area contributed by atoms with Crippen LogP contribution in [0.5, 0.6) is 5.75 Å². The molecule has 0 radical (unpaired) electrons. The number of rotatable bonds is 5. The molecule has 0 unspecified atom stereocenters. The molecule has 0 saturated carbocycles. The molecule has 0 bridgehead atoms. The van der Waals surface area contributed by atoms with E-state index >= 15 is 0 Å². The predicted molar refractivity (Wildman–Crippen MR) is 74.7 cm³/mol. The maximum absolute atomic E-state index is 12.0. The van der Waals surface area contributed by atoms with E-state index in [1.165, 1.54) is 0 Å². The van der Waals surface area contributed by atoms with Crippen molar-refractivity contribution in [3.63, 3.8) is 0 Å². The minimum absolute atomic E-state index is 0.117. The minimum Gasteiger partial charge on any atom is -0.496 e.